The summed E-state index contributed by atoms with van der Waals surface area (Å²) < 4.78 is 37.9. The van der Waals surface area contributed by atoms with Crippen LogP contribution in [0.25, 0.3) is 0 Å². The molecule has 2 nitrogen and oxygen atoms in total. The first-order valence-electron chi connectivity index (χ1n) is 6.89. The van der Waals surface area contributed by atoms with Crippen LogP contribution in [0.15, 0.2) is 24.3 Å². The van der Waals surface area contributed by atoms with E-state index >= 15 is 0 Å². The fraction of sp³-hybridized carbons (Fsp3) is 0.533. The topological polar surface area (TPSA) is 20.3 Å². The number of carbonyl (C=O) groups is 1. The summed E-state index contributed by atoms with van der Waals surface area (Å²) in [6.07, 6.45) is -4.03. The largest absolute Gasteiger partial charge is 0.391 e. The van der Waals surface area contributed by atoms with Crippen molar-refractivity contribution in [1.82, 2.24) is 4.90 Å². The molecule has 21 heavy (non-hydrogen) atoms. The van der Waals surface area contributed by atoms with Crippen molar-refractivity contribution < 1.29 is 18.0 Å². The third-order valence-electron chi connectivity index (χ3n) is 4.03. The maximum absolute atomic E-state index is 12.6. The predicted octanol–water partition coefficient (Wildman–Crippen LogP) is 4.19. The lowest BCUT2D eigenvalue weighted by Gasteiger charge is -2.36. The number of Topliss-reactive ketones (excluding diaryl/α,β-unsaturated/α-hetero) is 1. The Bertz CT molecular complexity index is 510. The van der Waals surface area contributed by atoms with Gasteiger partial charge in [-0.15, -0.1) is 0 Å². The molecule has 1 fully saturated rings. The zero-order chi connectivity index (χ0) is 15.6. The van der Waals surface area contributed by atoms with Crippen LogP contribution in [-0.4, -0.2) is 36.0 Å². The molecule has 0 N–H and O–H groups in total. The van der Waals surface area contributed by atoms with Gasteiger partial charge in [0.05, 0.1) is 12.0 Å². The van der Waals surface area contributed by atoms with E-state index in [0.29, 0.717) is 10.6 Å². The molecule has 0 aromatic heterocycles. The monoisotopic (exact) mass is 319 g/mol. The minimum absolute atomic E-state index is 0.0522. The summed E-state index contributed by atoms with van der Waals surface area (Å²) in [6, 6.07) is 6.20. The van der Waals surface area contributed by atoms with E-state index in [4.69, 9.17) is 11.6 Å². The number of alkyl halides is 3. The van der Waals surface area contributed by atoms with Crippen molar-refractivity contribution in [2.45, 2.75) is 32.0 Å². The SMILES string of the molecule is CC(C(=O)c1cccc(Cl)c1)N1CCC(C(F)(F)F)CC1. The number of rotatable bonds is 3. The Balaban J connectivity index is 1.99. The molecule has 1 aromatic rings. The fourth-order valence-electron chi connectivity index (χ4n) is 2.66. The number of piperidine rings is 1. The van der Waals surface area contributed by atoms with Gasteiger partial charge >= 0.3 is 6.18 Å². The third-order valence-corrected chi connectivity index (χ3v) is 4.26. The average molecular weight is 320 g/mol. The smallest absolute Gasteiger partial charge is 0.293 e. The molecule has 0 aliphatic carbocycles. The molecule has 1 saturated heterocycles. The van der Waals surface area contributed by atoms with Gasteiger partial charge in [0, 0.05) is 10.6 Å². The van der Waals surface area contributed by atoms with Crippen molar-refractivity contribution >= 4 is 17.4 Å². The third kappa shape index (κ3) is 3.98. The molecule has 0 radical (unpaired) electrons. The Labute approximate surface area is 126 Å². The number of nitrogens with zero attached hydrogens (tertiary/aromatic N) is 1. The maximum atomic E-state index is 12.6. The molecule has 0 spiro atoms. The van der Waals surface area contributed by atoms with Gasteiger partial charge in [0.15, 0.2) is 5.78 Å². The summed E-state index contributed by atoms with van der Waals surface area (Å²) in [7, 11) is 0. The molecular formula is C15H17ClF3NO. The van der Waals surface area contributed by atoms with Crippen LogP contribution in [0.1, 0.15) is 30.1 Å². The maximum Gasteiger partial charge on any atom is 0.391 e. The Morgan fingerprint density at radius 1 is 1.33 bits per heavy atom. The molecule has 6 heteroatoms. The first-order chi connectivity index (χ1) is 9.79. The number of likely N-dealkylation sites (tertiary alicyclic amines) is 1. The molecular weight excluding hydrogens is 303 g/mol. The van der Waals surface area contributed by atoms with Crippen LogP contribution in [0.5, 0.6) is 0 Å². The van der Waals surface area contributed by atoms with E-state index in [1.54, 1.807) is 31.2 Å². The normalized spacial score (nSPS) is 19.5. The Kier molecular flexibility index (Phi) is 4.94. The zero-order valence-corrected chi connectivity index (χ0v) is 12.4. The molecule has 1 aromatic carbocycles. The second kappa shape index (κ2) is 6.36. The van der Waals surface area contributed by atoms with E-state index in [2.05, 4.69) is 0 Å². The van der Waals surface area contributed by atoms with Crippen LogP contribution in [0, 0.1) is 5.92 Å². The first kappa shape index (κ1) is 16.3. The first-order valence-corrected chi connectivity index (χ1v) is 7.27. The summed E-state index contributed by atoms with van der Waals surface area (Å²) in [5, 5.41) is 0.476. The Morgan fingerprint density at radius 3 is 2.48 bits per heavy atom. The highest BCUT2D eigenvalue weighted by molar-refractivity contribution is 6.31. The van der Waals surface area contributed by atoms with Crippen LogP contribution in [-0.2, 0) is 0 Å². The van der Waals surface area contributed by atoms with Gasteiger partial charge in [-0.05, 0) is 45.0 Å². The van der Waals surface area contributed by atoms with Crippen LogP contribution in [0.4, 0.5) is 13.2 Å². The highest BCUT2D eigenvalue weighted by atomic mass is 35.5. The van der Waals surface area contributed by atoms with E-state index in [1.165, 1.54) is 0 Å². The lowest BCUT2D eigenvalue weighted by atomic mass is 9.94. The zero-order valence-electron chi connectivity index (χ0n) is 11.7. The highest BCUT2D eigenvalue weighted by Gasteiger charge is 2.42. The van der Waals surface area contributed by atoms with Crippen molar-refractivity contribution in [3.05, 3.63) is 34.9 Å². The van der Waals surface area contributed by atoms with Gasteiger partial charge in [-0.2, -0.15) is 13.2 Å². The molecule has 1 atom stereocenters. The van der Waals surface area contributed by atoms with Gasteiger partial charge in [0.2, 0.25) is 0 Å². The molecule has 1 heterocycles. The lowest BCUT2D eigenvalue weighted by Crippen LogP contribution is -2.46. The van der Waals surface area contributed by atoms with E-state index in [-0.39, 0.29) is 31.7 Å². The fourth-order valence-corrected chi connectivity index (χ4v) is 2.85. The minimum Gasteiger partial charge on any atom is -0.293 e. The summed E-state index contributed by atoms with van der Waals surface area (Å²) in [5.74, 6) is -1.36. The minimum atomic E-state index is -4.13. The summed E-state index contributed by atoms with van der Waals surface area (Å²) in [6.45, 7) is 2.31. The van der Waals surface area contributed by atoms with Crippen molar-refractivity contribution in [2.24, 2.45) is 5.92 Å². The molecule has 1 aliphatic rings. The van der Waals surface area contributed by atoms with Gasteiger partial charge in [0.1, 0.15) is 0 Å². The number of carbonyl (C=O) groups excluding carboxylic acids is 1. The summed E-state index contributed by atoms with van der Waals surface area (Å²) >= 11 is 5.86. The lowest BCUT2D eigenvalue weighted by molar-refractivity contribution is -0.185. The molecule has 2 rings (SSSR count). The Hall–Kier alpha value is -1.07. The molecule has 116 valence electrons. The molecule has 1 aliphatic heterocycles. The van der Waals surface area contributed by atoms with Crippen LogP contribution in [0.3, 0.4) is 0 Å². The number of hydrogen-bond acceptors (Lipinski definition) is 2. The van der Waals surface area contributed by atoms with Gasteiger partial charge in [-0.3, -0.25) is 9.69 Å². The van der Waals surface area contributed by atoms with Crippen molar-refractivity contribution in [3.8, 4) is 0 Å². The summed E-state index contributed by atoms with van der Waals surface area (Å²) in [4.78, 5) is 14.2. The molecule has 0 saturated carbocycles. The van der Waals surface area contributed by atoms with Crippen LogP contribution in [0.2, 0.25) is 5.02 Å². The Morgan fingerprint density at radius 2 is 1.95 bits per heavy atom. The van der Waals surface area contributed by atoms with Crippen LogP contribution >= 0.6 is 11.6 Å². The van der Waals surface area contributed by atoms with Gasteiger partial charge in [-0.25, -0.2) is 0 Å². The van der Waals surface area contributed by atoms with Crippen molar-refractivity contribution in [1.29, 1.82) is 0 Å². The molecule has 1 unspecified atom stereocenters. The standard InChI is InChI=1S/C15H17ClF3NO/c1-10(14(21)11-3-2-4-13(16)9-11)20-7-5-12(6-8-20)15(17,18)19/h2-4,9-10,12H,5-8H2,1H3. The molecule has 0 amide bonds. The number of ketones is 1. The second-order valence-corrected chi connectivity index (χ2v) is 5.84. The van der Waals surface area contributed by atoms with Gasteiger partial charge in [0.25, 0.3) is 0 Å². The number of benzene rings is 1. The van der Waals surface area contributed by atoms with E-state index in [9.17, 15) is 18.0 Å². The predicted molar refractivity (Wildman–Crippen MR) is 75.6 cm³/mol. The average Bonchev–Trinajstić information content (AvgIpc) is 2.45. The van der Waals surface area contributed by atoms with E-state index < -0.39 is 18.1 Å². The van der Waals surface area contributed by atoms with Crippen LogP contribution < -0.4 is 0 Å². The molecule has 0 bridgehead atoms. The second-order valence-electron chi connectivity index (χ2n) is 5.40. The van der Waals surface area contributed by atoms with E-state index in [0.717, 1.165) is 0 Å². The quantitative estimate of drug-likeness (QED) is 0.779. The van der Waals surface area contributed by atoms with Crippen molar-refractivity contribution in [2.75, 3.05) is 13.1 Å². The van der Waals surface area contributed by atoms with Crippen molar-refractivity contribution in [3.63, 3.8) is 0 Å². The number of hydrogen-bond donors (Lipinski definition) is 0. The van der Waals surface area contributed by atoms with Gasteiger partial charge < -0.3 is 0 Å². The van der Waals surface area contributed by atoms with Gasteiger partial charge in [-0.1, -0.05) is 23.7 Å². The van der Waals surface area contributed by atoms with E-state index in [1.807, 2.05) is 4.90 Å². The highest BCUT2D eigenvalue weighted by Crippen LogP contribution is 2.34. The number of halogens is 4. The summed E-state index contributed by atoms with van der Waals surface area (Å²) in [5.41, 5.74) is 0.493.